The lowest BCUT2D eigenvalue weighted by molar-refractivity contribution is -0.116. The molecule has 1 aromatic rings. The van der Waals surface area contributed by atoms with Crippen molar-refractivity contribution in [1.29, 1.82) is 0 Å². The molecule has 0 aliphatic carbocycles. The van der Waals surface area contributed by atoms with Crippen LogP contribution in [-0.2, 0) is 4.79 Å². The number of ether oxygens (including phenoxy) is 1. The fourth-order valence-corrected chi connectivity index (χ4v) is 1.85. The number of aliphatic hydroxyl groups excluding tert-OH is 1. The SMILES string of the molecule is COc1cc(Br)cc(NC(=O)CCCCO)c1. The third-order valence-corrected chi connectivity index (χ3v) is 2.66. The van der Waals surface area contributed by atoms with E-state index in [1.165, 1.54) is 0 Å². The van der Waals surface area contributed by atoms with Crippen LogP contribution in [0.5, 0.6) is 5.75 Å². The first kappa shape index (κ1) is 14.0. The van der Waals surface area contributed by atoms with Crippen molar-refractivity contribution < 1.29 is 14.6 Å². The van der Waals surface area contributed by atoms with Crippen LogP contribution in [0.3, 0.4) is 0 Å². The normalized spacial score (nSPS) is 10.1. The quantitative estimate of drug-likeness (QED) is 0.794. The fraction of sp³-hybridized carbons (Fsp3) is 0.417. The Labute approximate surface area is 109 Å². The molecular formula is C12H16BrNO3. The summed E-state index contributed by atoms with van der Waals surface area (Å²) in [5.41, 5.74) is 0.699. The molecule has 0 aliphatic rings. The van der Waals surface area contributed by atoms with Crippen LogP contribution in [0.4, 0.5) is 5.69 Å². The van der Waals surface area contributed by atoms with Gasteiger partial charge in [0.1, 0.15) is 5.75 Å². The summed E-state index contributed by atoms with van der Waals surface area (Å²) in [5, 5.41) is 11.4. The predicted molar refractivity (Wildman–Crippen MR) is 70.3 cm³/mol. The number of carbonyl (C=O) groups excluding carboxylic acids is 1. The Kier molecular flexibility index (Phi) is 6.00. The Bertz CT molecular complexity index is 382. The molecule has 0 spiro atoms. The Morgan fingerprint density at radius 3 is 2.82 bits per heavy atom. The van der Waals surface area contributed by atoms with Gasteiger partial charge in [-0.05, 0) is 25.0 Å². The Balaban J connectivity index is 2.55. The monoisotopic (exact) mass is 301 g/mol. The minimum Gasteiger partial charge on any atom is -0.497 e. The van der Waals surface area contributed by atoms with E-state index in [-0.39, 0.29) is 12.5 Å². The molecule has 0 heterocycles. The second-order valence-electron chi connectivity index (χ2n) is 3.61. The first-order valence-electron chi connectivity index (χ1n) is 5.41. The highest BCUT2D eigenvalue weighted by atomic mass is 79.9. The second kappa shape index (κ2) is 7.29. The van der Waals surface area contributed by atoms with Crippen molar-refractivity contribution in [2.24, 2.45) is 0 Å². The van der Waals surface area contributed by atoms with E-state index >= 15 is 0 Å². The molecule has 1 amide bonds. The van der Waals surface area contributed by atoms with E-state index in [0.29, 0.717) is 30.7 Å². The highest BCUT2D eigenvalue weighted by molar-refractivity contribution is 9.10. The van der Waals surface area contributed by atoms with Crippen molar-refractivity contribution >= 4 is 27.5 Å². The van der Waals surface area contributed by atoms with Gasteiger partial charge in [-0.3, -0.25) is 4.79 Å². The van der Waals surface area contributed by atoms with E-state index in [9.17, 15) is 4.79 Å². The third-order valence-electron chi connectivity index (χ3n) is 2.20. The highest BCUT2D eigenvalue weighted by Crippen LogP contribution is 2.24. The summed E-state index contributed by atoms with van der Waals surface area (Å²) < 4.78 is 5.95. The van der Waals surface area contributed by atoms with E-state index in [1.54, 1.807) is 13.2 Å². The zero-order chi connectivity index (χ0) is 12.7. The van der Waals surface area contributed by atoms with E-state index in [1.807, 2.05) is 12.1 Å². The van der Waals surface area contributed by atoms with Gasteiger partial charge >= 0.3 is 0 Å². The number of benzene rings is 1. The standard InChI is InChI=1S/C12H16BrNO3/c1-17-11-7-9(13)6-10(8-11)14-12(16)4-2-3-5-15/h6-8,15H,2-5H2,1H3,(H,14,16). The lowest BCUT2D eigenvalue weighted by Gasteiger charge is -2.08. The number of amides is 1. The van der Waals surface area contributed by atoms with Gasteiger partial charge in [0.25, 0.3) is 0 Å². The third kappa shape index (κ3) is 5.19. The number of hydrogen-bond donors (Lipinski definition) is 2. The summed E-state index contributed by atoms with van der Waals surface area (Å²) in [6.45, 7) is 0.123. The average molecular weight is 302 g/mol. The molecule has 0 aromatic heterocycles. The Morgan fingerprint density at radius 2 is 2.18 bits per heavy atom. The van der Waals surface area contributed by atoms with Crippen LogP contribution in [0.2, 0.25) is 0 Å². The molecule has 0 atom stereocenters. The van der Waals surface area contributed by atoms with Crippen LogP contribution < -0.4 is 10.1 Å². The number of rotatable bonds is 6. The predicted octanol–water partition coefficient (Wildman–Crippen LogP) is 2.56. The molecule has 1 rings (SSSR count). The largest absolute Gasteiger partial charge is 0.497 e. The molecule has 0 fully saturated rings. The Morgan fingerprint density at radius 1 is 1.41 bits per heavy atom. The van der Waals surface area contributed by atoms with Gasteiger partial charge in [0.2, 0.25) is 5.91 Å². The molecule has 0 saturated carbocycles. The van der Waals surface area contributed by atoms with Crippen molar-refractivity contribution in [3.05, 3.63) is 22.7 Å². The van der Waals surface area contributed by atoms with Gasteiger partial charge < -0.3 is 15.2 Å². The maximum atomic E-state index is 11.5. The van der Waals surface area contributed by atoms with E-state index in [4.69, 9.17) is 9.84 Å². The van der Waals surface area contributed by atoms with Crippen LogP contribution >= 0.6 is 15.9 Å². The number of anilines is 1. The molecule has 0 bridgehead atoms. The summed E-state index contributed by atoms with van der Waals surface area (Å²) in [4.78, 5) is 11.5. The number of methoxy groups -OCH3 is 1. The van der Waals surface area contributed by atoms with Crippen LogP contribution in [0, 0.1) is 0 Å². The second-order valence-corrected chi connectivity index (χ2v) is 4.52. The minimum absolute atomic E-state index is 0.0568. The molecular weight excluding hydrogens is 286 g/mol. The zero-order valence-corrected chi connectivity index (χ0v) is 11.3. The van der Waals surface area contributed by atoms with Gasteiger partial charge in [-0.25, -0.2) is 0 Å². The molecule has 0 aliphatic heterocycles. The lowest BCUT2D eigenvalue weighted by atomic mass is 10.2. The number of nitrogens with one attached hydrogen (secondary N) is 1. The molecule has 0 unspecified atom stereocenters. The highest BCUT2D eigenvalue weighted by Gasteiger charge is 2.04. The van der Waals surface area contributed by atoms with E-state index in [2.05, 4.69) is 21.2 Å². The fourth-order valence-electron chi connectivity index (χ4n) is 1.37. The smallest absolute Gasteiger partial charge is 0.224 e. The summed E-state index contributed by atoms with van der Waals surface area (Å²) >= 11 is 3.34. The van der Waals surface area contributed by atoms with Crippen molar-refractivity contribution in [1.82, 2.24) is 0 Å². The first-order chi connectivity index (χ1) is 8.15. The maximum Gasteiger partial charge on any atom is 0.224 e. The van der Waals surface area contributed by atoms with Crippen molar-refractivity contribution in [2.75, 3.05) is 19.0 Å². The van der Waals surface area contributed by atoms with Crippen LogP contribution in [0.25, 0.3) is 0 Å². The molecule has 2 N–H and O–H groups in total. The van der Waals surface area contributed by atoms with Gasteiger partial charge in [0.15, 0.2) is 0 Å². The van der Waals surface area contributed by atoms with Crippen molar-refractivity contribution in [3.63, 3.8) is 0 Å². The molecule has 94 valence electrons. The molecule has 1 aromatic carbocycles. The van der Waals surface area contributed by atoms with E-state index < -0.39 is 0 Å². The van der Waals surface area contributed by atoms with Crippen molar-refractivity contribution in [3.8, 4) is 5.75 Å². The van der Waals surface area contributed by atoms with Crippen LogP contribution in [-0.4, -0.2) is 24.7 Å². The van der Waals surface area contributed by atoms with Gasteiger partial charge in [0.05, 0.1) is 7.11 Å². The topological polar surface area (TPSA) is 58.6 Å². The number of carbonyl (C=O) groups is 1. The van der Waals surface area contributed by atoms with Gasteiger partial charge in [-0.1, -0.05) is 15.9 Å². The number of unbranched alkanes of at least 4 members (excludes halogenated alkanes) is 1. The number of hydrogen-bond acceptors (Lipinski definition) is 3. The lowest BCUT2D eigenvalue weighted by Crippen LogP contribution is -2.11. The first-order valence-corrected chi connectivity index (χ1v) is 6.20. The van der Waals surface area contributed by atoms with Crippen LogP contribution in [0.15, 0.2) is 22.7 Å². The summed E-state index contributed by atoms with van der Waals surface area (Å²) in [6.07, 6.45) is 1.75. The number of aliphatic hydroxyl groups is 1. The molecule has 0 saturated heterocycles. The molecule has 5 heteroatoms. The van der Waals surface area contributed by atoms with E-state index in [0.717, 1.165) is 4.47 Å². The Hall–Kier alpha value is -1.07. The average Bonchev–Trinajstić information content (AvgIpc) is 2.28. The van der Waals surface area contributed by atoms with Gasteiger partial charge in [0, 0.05) is 29.3 Å². The minimum atomic E-state index is -0.0568. The molecule has 17 heavy (non-hydrogen) atoms. The summed E-state index contributed by atoms with van der Waals surface area (Å²) in [5.74, 6) is 0.628. The van der Waals surface area contributed by atoms with Crippen LogP contribution in [0.1, 0.15) is 19.3 Å². The maximum absolute atomic E-state index is 11.5. The number of halogens is 1. The summed E-state index contributed by atoms with van der Waals surface area (Å²) in [7, 11) is 1.58. The molecule has 4 nitrogen and oxygen atoms in total. The van der Waals surface area contributed by atoms with Gasteiger partial charge in [-0.15, -0.1) is 0 Å². The zero-order valence-electron chi connectivity index (χ0n) is 9.70. The van der Waals surface area contributed by atoms with Crippen molar-refractivity contribution in [2.45, 2.75) is 19.3 Å². The summed E-state index contributed by atoms with van der Waals surface area (Å²) in [6, 6.07) is 5.39. The van der Waals surface area contributed by atoms with Gasteiger partial charge in [-0.2, -0.15) is 0 Å². The molecule has 0 radical (unpaired) electrons.